The quantitative estimate of drug-likeness (QED) is 0.689. The number of benzene rings is 3. The van der Waals surface area contributed by atoms with Crippen molar-refractivity contribution >= 4 is 22.3 Å². The van der Waals surface area contributed by atoms with Gasteiger partial charge in [0.2, 0.25) is 5.66 Å². The van der Waals surface area contributed by atoms with Gasteiger partial charge < -0.3 is 9.47 Å². The Kier molecular flexibility index (Phi) is 4.86. The molecule has 0 fully saturated rings. The summed E-state index contributed by atoms with van der Waals surface area (Å²) in [6, 6.07) is 19.3. The Balaban J connectivity index is 1.57. The number of hydrogen-bond donors (Lipinski definition) is 1. The number of azo groups is 1. The molecule has 6 nitrogen and oxygen atoms in total. The molecule has 1 aliphatic heterocycles. The smallest absolute Gasteiger partial charge is 0.209 e. The normalized spacial score (nSPS) is 18.0. The zero-order chi connectivity index (χ0) is 20.4. The van der Waals surface area contributed by atoms with E-state index in [-0.39, 0.29) is 12.2 Å². The lowest BCUT2D eigenvalue weighted by Crippen LogP contribution is -2.43. The summed E-state index contributed by atoms with van der Waals surface area (Å²) in [5.41, 5.74) is 6.96. The van der Waals surface area contributed by atoms with Gasteiger partial charge in [-0.25, -0.2) is 0 Å². The Morgan fingerprint density at radius 2 is 1.72 bits per heavy atom. The second-order valence-electron chi connectivity index (χ2n) is 6.91. The van der Waals surface area contributed by atoms with Crippen LogP contribution in [0, 0.1) is 0 Å². The highest BCUT2D eigenvalue weighted by molar-refractivity contribution is 5.95. The molecule has 2 N–H and O–H groups in total. The van der Waals surface area contributed by atoms with Crippen molar-refractivity contribution in [1.82, 2.24) is 0 Å². The fraction of sp³-hybridized carbons (Fsp3) is 0.174. The molecule has 3 aromatic rings. The molecule has 1 unspecified atom stereocenters. The molecule has 0 amide bonds. The number of hydrogen-bond acceptors (Lipinski definition) is 6. The number of methoxy groups -OCH3 is 2. The first-order valence-electron chi connectivity index (χ1n) is 9.20. The minimum atomic E-state index is -1.48. The van der Waals surface area contributed by atoms with Crippen LogP contribution in [0.2, 0.25) is 0 Å². The number of fused-ring (bicyclic) bond motifs is 1. The van der Waals surface area contributed by atoms with Crippen molar-refractivity contribution in [1.29, 1.82) is 0 Å². The van der Waals surface area contributed by atoms with Gasteiger partial charge in [-0.1, -0.05) is 42.5 Å². The number of rotatable bonds is 6. The molecule has 0 radical (unpaired) electrons. The van der Waals surface area contributed by atoms with Crippen molar-refractivity contribution in [2.75, 3.05) is 14.2 Å². The highest BCUT2D eigenvalue weighted by atomic mass is 16.5. The summed E-state index contributed by atoms with van der Waals surface area (Å²) in [6.07, 6.45) is 1.77. The van der Waals surface area contributed by atoms with Crippen LogP contribution in [0.15, 0.2) is 77.0 Å². The molecular weight excluding hydrogens is 366 g/mol. The van der Waals surface area contributed by atoms with Crippen LogP contribution in [0.1, 0.15) is 11.1 Å². The second-order valence-corrected chi connectivity index (χ2v) is 6.91. The molecule has 0 saturated heterocycles. The molecular formula is C23H21N3O3. The van der Waals surface area contributed by atoms with E-state index < -0.39 is 5.66 Å². The van der Waals surface area contributed by atoms with Gasteiger partial charge in [-0.2, -0.15) is 10.2 Å². The summed E-state index contributed by atoms with van der Waals surface area (Å²) in [5, 5.41) is 10.4. The van der Waals surface area contributed by atoms with E-state index in [1.54, 1.807) is 32.4 Å². The van der Waals surface area contributed by atoms with Crippen LogP contribution in [-0.4, -0.2) is 25.7 Å². The number of nitrogens with two attached hydrogens (primary N) is 1. The third-order valence-corrected chi connectivity index (χ3v) is 4.98. The first kappa shape index (κ1) is 18.8. The average molecular weight is 387 g/mol. The highest BCUT2D eigenvalue weighted by Crippen LogP contribution is 2.34. The van der Waals surface area contributed by atoms with E-state index >= 15 is 0 Å². The van der Waals surface area contributed by atoms with E-state index in [2.05, 4.69) is 10.2 Å². The summed E-state index contributed by atoms with van der Waals surface area (Å²) < 4.78 is 10.6. The Labute approximate surface area is 168 Å². The van der Waals surface area contributed by atoms with Crippen LogP contribution in [-0.2, 0) is 11.2 Å². The zero-order valence-electron chi connectivity index (χ0n) is 16.3. The van der Waals surface area contributed by atoms with Crippen molar-refractivity contribution in [3.8, 4) is 11.5 Å². The van der Waals surface area contributed by atoms with Gasteiger partial charge in [-0.15, -0.1) is 0 Å². The van der Waals surface area contributed by atoms with E-state index in [1.807, 2.05) is 48.5 Å². The van der Waals surface area contributed by atoms with Crippen molar-refractivity contribution in [3.63, 3.8) is 0 Å². The third kappa shape index (κ3) is 3.62. The predicted molar refractivity (Wildman–Crippen MR) is 112 cm³/mol. The van der Waals surface area contributed by atoms with Gasteiger partial charge in [0.15, 0.2) is 17.3 Å². The SMILES string of the molecule is COc1ccc(C2=CC(N)(C(=O)Cc3ccc4ccccc4c3)N=N2)cc1OC. The molecule has 0 saturated carbocycles. The summed E-state index contributed by atoms with van der Waals surface area (Å²) in [7, 11) is 3.13. The Bertz CT molecular complexity index is 1150. The number of Topliss-reactive ketones (excluding diaryl/α,β-unsaturated/α-hetero) is 1. The minimum Gasteiger partial charge on any atom is -0.493 e. The number of nitrogens with zero attached hydrogens (tertiary/aromatic N) is 2. The molecule has 6 heteroatoms. The Hall–Kier alpha value is -3.51. The number of carbonyl (C=O) groups is 1. The van der Waals surface area contributed by atoms with Crippen LogP contribution in [0.3, 0.4) is 0 Å². The van der Waals surface area contributed by atoms with Crippen LogP contribution in [0.4, 0.5) is 0 Å². The molecule has 0 aliphatic carbocycles. The van der Waals surface area contributed by atoms with Crippen molar-refractivity contribution < 1.29 is 14.3 Å². The van der Waals surface area contributed by atoms with E-state index in [4.69, 9.17) is 15.2 Å². The Morgan fingerprint density at radius 1 is 0.966 bits per heavy atom. The fourth-order valence-electron chi connectivity index (χ4n) is 3.35. The molecule has 1 atom stereocenters. The molecule has 4 rings (SSSR count). The lowest BCUT2D eigenvalue weighted by Gasteiger charge is -2.15. The molecule has 3 aromatic carbocycles. The van der Waals surface area contributed by atoms with Gasteiger partial charge in [0.1, 0.15) is 0 Å². The van der Waals surface area contributed by atoms with Gasteiger partial charge in [-0.3, -0.25) is 10.5 Å². The molecule has 0 spiro atoms. The van der Waals surface area contributed by atoms with Crippen LogP contribution in [0.5, 0.6) is 11.5 Å². The predicted octanol–water partition coefficient (Wildman–Crippen LogP) is 4.13. The van der Waals surface area contributed by atoms with E-state index in [9.17, 15) is 4.79 Å². The van der Waals surface area contributed by atoms with E-state index in [0.29, 0.717) is 17.2 Å². The number of ether oxygens (including phenoxy) is 2. The Morgan fingerprint density at radius 3 is 2.48 bits per heavy atom. The lowest BCUT2D eigenvalue weighted by molar-refractivity contribution is -0.121. The zero-order valence-corrected chi connectivity index (χ0v) is 16.3. The molecule has 1 heterocycles. The second kappa shape index (κ2) is 7.48. The summed E-state index contributed by atoms with van der Waals surface area (Å²) in [5.74, 6) is 0.961. The van der Waals surface area contributed by atoms with Crippen LogP contribution < -0.4 is 15.2 Å². The summed E-state index contributed by atoms with van der Waals surface area (Å²) >= 11 is 0. The van der Waals surface area contributed by atoms with Gasteiger partial charge in [0.25, 0.3) is 0 Å². The van der Waals surface area contributed by atoms with E-state index in [1.165, 1.54) is 0 Å². The molecule has 1 aliphatic rings. The van der Waals surface area contributed by atoms with Crippen LogP contribution in [0.25, 0.3) is 16.5 Å². The number of ketones is 1. The van der Waals surface area contributed by atoms with Crippen molar-refractivity contribution in [2.24, 2.45) is 16.0 Å². The fourth-order valence-corrected chi connectivity index (χ4v) is 3.35. The number of carbonyl (C=O) groups excluding carboxylic acids is 1. The highest BCUT2D eigenvalue weighted by Gasteiger charge is 2.36. The molecule has 146 valence electrons. The maximum absolute atomic E-state index is 12.9. The third-order valence-electron chi connectivity index (χ3n) is 4.98. The molecule has 0 bridgehead atoms. The molecule has 0 aromatic heterocycles. The largest absolute Gasteiger partial charge is 0.493 e. The van der Waals surface area contributed by atoms with Gasteiger partial charge in [0, 0.05) is 12.0 Å². The van der Waals surface area contributed by atoms with E-state index in [0.717, 1.165) is 21.9 Å². The lowest BCUT2D eigenvalue weighted by atomic mass is 9.96. The van der Waals surface area contributed by atoms with Gasteiger partial charge in [0.05, 0.1) is 19.9 Å². The standard InChI is InChI=1S/C23H21N3O3/c1-28-20-10-9-18(13-21(20)29-2)19-14-23(24,26-25-19)22(27)12-15-7-8-16-5-3-4-6-17(16)11-15/h3-11,13-14H,12,24H2,1-2H3. The van der Waals surface area contributed by atoms with Gasteiger partial charge in [-0.05, 0) is 40.6 Å². The minimum absolute atomic E-state index is 0.177. The van der Waals surface area contributed by atoms with Crippen molar-refractivity contribution in [3.05, 3.63) is 77.9 Å². The summed E-state index contributed by atoms with van der Waals surface area (Å²) in [6.45, 7) is 0. The topological polar surface area (TPSA) is 86.3 Å². The average Bonchev–Trinajstić information content (AvgIpc) is 3.16. The maximum Gasteiger partial charge on any atom is 0.209 e. The monoisotopic (exact) mass is 387 g/mol. The first-order valence-corrected chi connectivity index (χ1v) is 9.20. The van der Waals surface area contributed by atoms with Gasteiger partial charge >= 0.3 is 0 Å². The maximum atomic E-state index is 12.9. The van der Waals surface area contributed by atoms with Crippen LogP contribution >= 0.6 is 0 Å². The first-order chi connectivity index (χ1) is 14.0. The van der Waals surface area contributed by atoms with Crippen molar-refractivity contribution in [2.45, 2.75) is 12.1 Å². The summed E-state index contributed by atoms with van der Waals surface area (Å²) in [4.78, 5) is 12.9. The molecule has 29 heavy (non-hydrogen) atoms.